The zero-order valence-corrected chi connectivity index (χ0v) is 16.2. The van der Waals surface area contributed by atoms with E-state index in [1.165, 1.54) is 0 Å². The van der Waals surface area contributed by atoms with Crippen molar-refractivity contribution < 1.29 is 14.3 Å². The van der Waals surface area contributed by atoms with Crippen LogP contribution < -0.4 is 14.8 Å². The highest BCUT2D eigenvalue weighted by Gasteiger charge is 2.29. The molecule has 140 valence electrons. The summed E-state index contributed by atoms with van der Waals surface area (Å²) in [5, 5.41) is 3.43. The highest BCUT2D eigenvalue weighted by Crippen LogP contribution is 2.30. The second-order valence-electron chi connectivity index (χ2n) is 6.13. The molecule has 0 radical (unpaired) electrons. The smallest absolute Gasteiger partial charge is 0.276 e. The van der Waals surface area contributed by atoms with Crippen LogP contribution in [0.3, 0.4) is 0 Å². The van der Waals surface area contributed by atoms with Gasteiger partial charge in [0.1, 0.15) is 12.3 Å². The van der Waals surface area contributed by atoms with Crippen molar-refractivity contribution in [3.8, 4) is 11.5 Å². The number of nitrogens with one attached hydrogen (secondary N) is 1. The minimum absolute atomic E-state index is 0.106. The van der Waals surface area contributed by atoms with E-state index in [-0.39, 0.29) is 5.91 Å². The molecule has 27 heavy (non-hydrogen) atoms. The van der Waals surface area contributed by atoms with Crippen LogP contribution in [0.1, 0.15) is 24.5 Å². The standard InChI is InChI=1S/C21H22N2O3S/c1-3-11-23-20(24)17(22-21(23)27)12-16-9-10-18(19(13-16)25-2)26-14-15-7-5-4-6-8-15/h4-10,12-13H,3,11,14H2,1-2H3,(H,22,27). The minimum Gasteiger partial charge on any atom is -0.493 e. The van der Waals surface area contributed by atoms with Gasteiger partial charge in [0.15, 0.2) is 16.6 Å². The van der Waals surface area contributed by atoms with Gasteiger partial charge in [-0.3, -0.25) is 9.69 Å². The number of nitrogens with zero attached hydrogens (tertiary/aromatic N) is 1. The Labute approximate surface area is 164 Å². The van der Waals surface area contributed by atoms with Crippen molar-refractivity contribution in [3.05, 3.63) is 65.4 Å². The van der Waals surface area contributed by atoms with Crippen LogP contribution in [0.15, 0.2) is 54.2 Å². The maximum absolute atomic E-state index is 12.4. The Kier molecular flexibility index (Phi) is 6.08. The molecule has 1 N–H and O–H groups in total. The third kappa shape index (κ3) is 4.46. The first-order chi connectivity index (χ1) is 13.1. The van der Waals surface area contributed by atoms with Crippen molar-refractivity contribution in [1.29, 1.82) is 0 Å². The van der Waals surface area contributed by atoms with Crippen LogP contribution in [0, 0.1) is 0 Å². The summed E-state index contributed by atoms with van der Waals surface area (Å²) in [4.78, 5) is 14.0. The Bertz CT molecular complexity index is 865. The van der Waals surface area contributed by atoms with Gasteiger partial charge in [-0.1, -0.05) is 43.3 Å². The summed E-state index contributed by atoms with van der Waals surface area (Å²) in [6.07, 6.45) is 2.62. The number of rotatable bonds is 7. The van der Waals surface area contributed by atoms with Crippen LogP contribution in [0.25, 0.3) is 6.08 Å². The Morgan fingerprint density at radius 3 is 2.63 bits per heavy atom. The van der Waals surface area contributed by atoms with Crippen LogP contribution >= 0.6 is 12.2 Å². The lowest BCUT2D eigenvalue weighted by atomic mass is 10.1. The summed E-state index contributed by atoms with van der Waals surface area (Å²) in [6, 6.07) is 15.5. The minimum atomic E-state index is -0.106. The van der Waals surface area contributed by atoms with E-state index in [0.29, 0.717) is 35.5 Å². The highest BCUT2D eigenvalue weighted by molar-refractivity contribution is 7.80. The van der Waals surface area contributed by atoms with Crippen LogP contribution in [-0.4, -0.2) is 29.6 Å². The van der Waals surface area contributed by atoms with Crippen molar-refractivity contribution in [2.75, 3.05) is 13.7 Å². The van der Waals surface area contributed by atoms with Gasteiger partial charge in [-0.2, -0.15) is 0 Å². The Morgan fingerprint density at radius 1 is 1.15 bits per heavy atom. The molecule has 1 aliphatic heterocycles. The van der Waals surface area contributed by atoms with E-state index in [1.54, 1.807) is 18.1 Å². The van der Waals surface area contributed by atoms with Crippen molar-refractivity contribution in [2.24, 2.45) is 0 Å². The zero-order chi connectivity index (χ0) is 19.2. The van der Waals surface area contributed by atoms with Gasteiger partial charge in [0.25, 0.3) is 5.91 Å². The van der Waals surface area contributed by atoms with E-state index in [1.807, 2.05) is 55.5 Å². The first kappa shape index (κ1) is 18.9. The molecule has 0 saturated carbocycles. The van der Waals surface area contributed by atoms with Crippen LogP contribution in [0.5, 0.6) is 11.5 Å². The van der Waals surface area contributed by atoms with Crippen LogP contribution in [-0.2, 0) is 11.4 Å². The van der Waals surface area contributed by atoms with E-state index in [2.05, 4.69) is 5.32 Å². The molecule has 0 spiro atoms. The second kappa shape index (κ2) is 8.68. The molecular weight excluding hydrogens is 360 g/mol. The lowest BCUT2D eigenvalue weighted by Gasteiger charge is -2.12. The molecule has 0 bridgehead atoms. The van der Waals surface area contributed by atoms with E-state index in [4.69, 9.17) is 21.7 Å². The monoisotopic (exact) mass is 382 g/mol. The number of amides is 1. The quantitative estimate of drug-likeness (QED) is 0.584. The summed E-state index contributed by atoms with van der Waals surface area (Å²) < 4.78 is 11.3. The summed E-state index contributed by atoms with van der Waals surface area (Å²) >= 11 is 5.24. The van der Waals surface area contributed by atoms with Crippen molar-refractivity contribution in [2.45, 2.75) is 20.0 Å². The number of ether oxygens (including phenoxy) is 2. The van der Waals surface area contributed by atoms with Gasteiger partial charge >= 0.3 is 0 Å². The first-order valence-electron chi connectivity index (χ1n) is 8.81. The van der Waals surface area contributed by atoms with Gasteiger partial charge in [-0.05, 0) is 48.0 Å². The van der Waals surface area contributed by atoms with Crippen molar-refractivity contribution >= 4 is 29.3 Å². The molecule has 1 aliphatic rings. The maximum atomic E-state index is 12.4. The van der Waals surface area contributed by atoms with E-state index < -0.39 is 0 Å². The molecule has 1 heterocycles. The zero-order valence-electron chi connectivity index (χ0n) is 15.4. The predicted octanol–water partition coefficient (Wildman–Crippen LogP) is 3.74. The molecule has 3 rings (SSSR count). The summed E-state index contributed by atoms with van der Waals surface area (Å²) in [5.74, 6) is 1.15. The molecule has 0 aromatic heterocycles. The van der Waals surface area contributed by atoms with E-state index in [0.717, 1.165) is 17.5 Å². The number of hydrogen-bond donors (Lipinski definition) is 1. The fraction of sp³-hybridized carbons (Fsp3) is 0.238. The molecule has 1 amide bonds. The molecule has 5 nitrogen and oxygen atoms in total. The first-order valence-corrected chi connectivity index (χ1v) is 9.22. The molecule has 1 fully saturated rings. The number of carbonyl (C=O) groups excluding carboxylic acids is 1. The lowest BCUT2D eigenvalue weighted by molar-refractivity contribution is -0.122. The summed E-state index contributed by atoms with van der Waals surface area (Å²) in [7, 11) is 1.60. The second-order valence-corrected chi connectivity index (χ2v) is 6.52. The highest BCUT2D eigenvalue weighted by atomic mass is 32.1. The van der Waals surface area contributed by atoms with Gasteiger partial charge in [0.2, 0.25) is 0 Å². The van der Waals surface area contributed by atoms with Crippen LogP contribution in [0.4, 0.5) is 0 Å². The van der Waals surface area contributed by atoms with E-state index in [9.17, 15) is 4.79 Å². The third-order valence-corrected chi connectivity index (χ3v) is 4.47. The number of thiocarbonyl (C=S) groups is 1. The molecule has 2 aromatic carbocycles. The Morgan fingerprint density at radius 2 is 1.93 bits per heavy atom. The fourth-order valence-corrected chi connectivity index (χ4v) is 3.08. The molecule has 1 saturated heterocycles. The lowest BCUT2D eigenvalue weighted by Crippen LogP contribution is -2.31. The average molecular weight is 382 g/mol. The summed E-state index contributed by atoms with van der Waals surface area (Å²) in [5.41, 5.74) is 2.38. The molecule has 0 aliphatic carbocycles. The fourth-order valence-electron chi connectivity index (χ4n) is 2.79. The largest absolute Gasteiger partial charge is 0.493 e. The molecule has 6 heteroatoms. The summed E-state index contributed by atoms with van der Waals surface area (Å²) in [6.45, 7) is 3.08. The number of hydrogen-bond acceptors (Lipinski definition) is 4. The topological polar surface area (TPSA) is 50.8 Å². The van der Waals surface area contributed by atoms with Gasteiger partial charge < -0.3 is 14.8 Å². The van der Waals surface area contributed by atoms with Gasteiger partial charge in [0, 0.05) is 6.54 Å². The number of benzene rings is 2. The maximum Gasteiger partial charge on any atom is 0.276 e. The number of methoxy groups -OCH3 is 1. The van der Waals surface area contributed by atoms with Gasteiger partial charge in [-0.25, -0.2) is 0 Å². The predicted molar refractivity (Wildman–Crippen MR) is 109 cm³/mol. The van der Waals surface area contributed by atoms with Crippen LogP contribution in [0.2, 0.25) is 0 Å². The van der Waals surface area contributed by atoms with Crippen molar-refractivity contribution in [1.82, 2.24) is 10.2 Å². The van der Waals surface area contributed by atoms with Gasteiger partial charge in [-0.15, -0.1) is 0 Å². The Balaban J connectivity index is 1.76. The normalized spacial score (nSPS) is 15.2. The third-order valence-electron chi connectivity index (χ3n) is 4.15. The Hall–Kier alpha value is -2.86. The van der Waals surface area contributed by atoms with Gasteiger partial charge in [0.05, 0.1) is 7.11 Å². The molecule has 2 aromatic rings. The molecular formula is C21H22N2O3S. The number of carbonyl (C=O) groups is 1. The SMILES string of the molecule is CCCN1C(=O)C(=Cc2ccc(OCc3ccccc3)c(OC)c2)NC1=S. The van der Waals surface area contributed by atoms with Crippen molar-refractivity contribution in [3.63, 3.8) is 0 Å². The average Bonchev–Trinajstić information content (AvgIpc) is 2.95. The molecule has 0 atom stereocenters. The molecule has 0 unspecified atom stereocenters. The van der Waals surface area contributed by atoms with E-state index >= 15 is 0 Å².